The van der Waals surface area contributed by atoms with E-state index in [0.717, 1.165) is 12.8 Å². The summed E-state index contributed by atoms with van der Waals surface area (Å²) in [5.74, 6) is 0.138. The number of primary amides is 1. The molecule has 1 saturated heterocycles. The number of amides is 1. The van der Waals surface area contributed by atoms with Crippen LogP contribution in [0.3, 0.4) is 0 Å². The van der Waals surface area contributed by atoms with Crippen molar-refractivity contribution in [1.29, 1.82) is 0 Å². The molecule has 6 nitrogen and oxygen atoms in total. The van der Waals surface area contributed by atoms with Crippen molar-refractivity contribution < 1.29 is 9.53 Å². The molecule has 5 N–H and O–H groups in total. The van der Waals surface area contributed by atoms with E-state index in [1.165, 1.54) is 19.3 Å². The molecule has 1 amide bonds. The van der Waals surface area contributed by atoms with Crippen LogP contribution in [0.2, 0.25) is 0 Å². The predicted octanol–water partition coefficient (Wildman–Crippen LogP) is 0.505. The lowest BCUT2D eigenvalue weighted by Gasteiger charge is -2.32. The van der Waals surface area contributed by atoms with Crippen molar-refractivity contribution in [3.63, 3.8) is 0 Å². The minimum absolute atomic E-state index is 0.296. The number of nitrogens with two attached hydrogens (primary N) is 2. The molecule has 2 aliphatic rings. The van der Waals surface area contributed by atoms with Gasteiger partial charge < -0.3 is 21.5 Å². The summed E-state index contributed by atoms with van der Waals surface area (Å²) in [6.07, 6.45) is 7.34. The average Bonchev–Trinajstić information content (AvgIpc) is 2.47. The molecule has 0 atom stereocenters. The molecular formula is C14H26N4O2. The summed E-state index contributed by atoms with van der Waals surface area (Å²) in [7, 11) is 0. The highest BCUT2D eigenvalue weighted by Crippen LogP contribution is 2.30. The molecule has 1 heterocycles. The van der Waals surface area contributed by atoms with Crippen molar-refractivity contribution in [3.05, 3.63) is 0 Å². The Morgan fingerprint density at radius 2 is 1.85 bits per heavy atom. The van der Waals surface area contributed by atoms with Crippen molar-refractivity contribution in [2.75, 3.05) is 19.8 Å². The SMILES string of the molecule is NC(=O)C1(CN=C(N)NC2CCCCC2)CCOCC1. The van der Waals surface area contributed by atoms with Gasteiger partial charge in [-0.3, -0.25) is 9.79 Å². The van der Waals surface area contributed by atoms with Gasteiger partial charge in [0.1, 0.15) is 0 Å². The normalized spacial score (nSPS) is 24.3. The molecule has 0 bridgehead atoms. The van der Waals surface area contributed by atoms with Crippen LogP contribution in [-0.2, 0) is 9.53 Å². The molecule has 1 aliphatic heterocycles. The molecule has 1 aliphatic carbocycles. The van der Waals surface area contributed by atoms with Crippen LogP contribution in [0.15, 0.2) is 4.99 Å². The summed E-state index contributed by atoms with van der Waals surface area (Å²) in [6, 6.07) is 0.423. The molecular weight excluding hydrogens is 256 g/mol. The molecule has 2 fully saturated rings. The minimum Gasteiger partial charge on any atom is -0.381 e. The second kappa shape index (κ2) is 6.92. The van der Waals surface area contributed by atoms with Gasteiger partial charge in [-0.1, -0.05) is 19.3 Å². The van der Waals surface area contributed by atoms with E-state index in [0.29, 0.717) is 44.6 Å². The molecule has 1 saturated carbocycles. The molecule has 6 heteroatoms. The maximum absolute atomic E-state index is 11.7. The van der Waals surface area contributed by atoms with E-state index in [2.05, 4.69) is 10.3 Å². The molecule has 0 unspecified atom stereocenters. The largest absolute Gasteiger partial charge is 0.381 e. The highest BCUT2D eigenvalue weighted by atomic mass is 16.5. The molecule has 2 rings (SSSR count). The fourth-order valence-electron chi connectivity index (χ4n) is 2.98. The van der Waals surface area contributed by atoms with Crippen molar-refractivity contribution >= 4 is 11.9 Å². The number of guanidine groups is 1. The Kier molecular flexibility index (Phi) is 5.23. The summed E-state index contributed by atoms with van der Waals surface area (Å²) in [6.45, 7) is 1.49. The molecule has 0 aromatic carbocycles. The van der Waals surface area contributed by atoms with Gasteiger partial charge in [-0.15, -0.1) is 0 Å². The standard InChI is InChI=1S/C14H26N4O2/c15-12(19)14(6-8-20-9-7-14)10-17-13(16)18-11-4-2-1-3-5-11/h11H,1-10H2,(H2,15,19)(H3,16,17,18). The van der Waals surface area contributed by atoms with Crippen LogP contribution in [0.25, 0.3) is 0 Å². The monoisotopic (exact) mass is 282 g/mol. The van der Waals surface area contributed by atoms with E-state index in [1.54, 1.807) is 0 Å². The first-order valence-corrected chi connectivity index (χ1v) is 7.56. The van der Waals surface area contributed by atoms with Crippen LogP contribution < -0.4 is 16.8 Å². The minimum atomic E-state index is -0.586. The first-order chi connectivity index (χ1) is 9.62. The Morgan fingerprint density at radius 1 is 1.20 bits per heavy atom. The molecule has 0 aromatic heterocycles. The Balaban J connectivity index is 1.89. The van der Waals surface area contributed by atoms with Crippen LogP contribution in [0.1, 0.15) is 44.9 Å². The lowest BCUT2D eigenvalue weighted by Crippen LogP contribution is -2.46. The van der Waals surface area contributed by atoms with Gasteiger partial charge in [-0.05, 0) is 25.7 Å². The number of carbonyl (C=O) groups is 1. The summed E-state index contributed by atoms with van der Waals surface area (Å²) < 4.78 is 5.30. The third-order valence-corrected chi connectivity index (χ3v) is 4.48. The third kappa shape index (κ3) is 3.85. The highest BCUT2D eigenvalue weighted by molar-refractivity contribution is 5.82. The highest BCUT2D eigenvalue weighted by Gasteiger charge is 2.38. The Labute approximate surface area is 120 Å². The number of hydrogen-bond donors (Lipinski definition) is 3. The summed E-state index contributed by atoms with van der Waals surface area (Å²) >= 11 is 0. The fraction of sp³-hybridized carbons (Fsp3) is 0.857. The number of carbonyl (C=O) groups excluding carboxylic acids is 1. The molecule has 0 aromatic rings. The van der Waals surface area contributed by atoms with E-state index in [-0.39, 0.29) is 5.91 Å². The third-order valence-electron chi connectivity index (χ3n) is 4.48. The molecule has 20 heavy (non-hydrogen) atoms. The molecule has 0 spiro atoms. The van der Waals surface area contributed by atoms with Gasteiger partial charge in [-0.25, -0.2) is 0 Å². The van der Waals surface area contributed by atoms with E-state index >= 15 is 0 Å². The zero-order valence-corrected chi connectivity index (χ0v) is 12.1. The van der Waals surface area contributed by atoms with Crippen LogP contribution in [0, 0.1) is 5.41 Å². The first-order valence-electron chi connectivity index (χ1n) is 7.56. The lowest BCUT2D eigenvalue weighted by atomic mass is 9.79. The molecule has 0 radical (unpaired) electrons. The Morgan fingerprint density at radius 3 is 2.45 bits per heavy atom. The van der Waals surface area contributed by atoms with Crippen molar-refractivity contribution in [2.45, 2.75) is 51.0 Å². The fourth-order valence-corrected chi connectivity index (χ4v) is 2.98. The van der Waals surface area contributed by atoms with Gasteiger partial charge in [0.05, 0.1) is 12.0 Å². The van der Waals surface area contributed by atoms with Crippen LogP contribution in [0.5, 0.6) is 0 Å². The van der Waals surface area contributed by atoms with Gasteiger partial charge in [0.15, 0.2) is 5.96 Å². The summed E-state index contributed by atoms with van der Waals surface area (Å²) in [4.78, 5) is 16.1. The zero-order valence-electron chi connectivity index (χ0n) is 12.1. The maximum Gasteiger partial charge on any atom is 0.225 e. The number of nitrogens with one attached hydrogen (secondary N) is 1. The summed E-state index contributed by atoms with van der Waals surface area (Å²) in [5, 5.41) is 3.26. The van der Waals surface area contributed by atoms with Crippen molar-refractivity contribution in [2.24, 2.45) is 21.9 Å². The second-order valence-electron chi connectivity index (χ2n) is 5.94. The van der Waals surface area contributed by atoms with Crippen LogP contribution >= 0.6 is 0 Å². The van der Waals surface area contributed by atoms with E-state index < -0.39 is 5.41 Å². The number of hydrogen-bond acceptors (Lipinski definition) is 3. The topological polar surface area (TPSA) is 103 Å². The number of nitrogens with zero attached hydrogens (tertiary/aromatic N) is 1. The number of aliphatic imine (C=N–C) groups is 1. The maximum atomic E-state index is 11.7. The summed E-state index contributed by atoms with van der Waals surface area (Å²) in [5.41, 5.74) is 10.9. The van der Waals surface area contributed by atoms with E-state index in [9.17, 15) is 4.79 Å². The van der Waals surface area contributed by atoms with Gasteiger partial charge in [0.25, 0.3) is 0 Å². The van der Waals surface area contributed by atoms with Crippen LogP contribution in [-0.4, -0.2) is 37.7 Å². The first kappa shape index (κ1) is 15.1. The smallest absolute Gasteiger partial charge is 0.225 e. The number of ether oxygens (including phenoxy) is 1. The second-order valence-corrected chi connectivity index (χ2v) is 5.94. The van der Waals surface area contributed by atoms with E-state index in [4.69, 9.17) is 16.2 Å². The molecule has 114 valence electrons. The Bertz CT molecular complexity index is 358. The van der Waals surface area contributed by atoms with Crippen molar-refractivity contribution in [3.8, 4) is 0 Å². The van der Waals surface area contributed by atoms with Gasteiger partial charge in [0.2, 0.25) is 5.91 Å². The van der Waals surface area contributed by atoms with Gasteiger partial charge in [0, 0.05) is 19.3 Å². The lowest BCUT2D eigenvalue weighted by molar-refractivity contribution is -0.132. The van der Waals surface area contributed by atoms with Crippen molar-refractivity contribution in [1.82, 2.24) is 5.32 Å². The van der Waals surface area contributed by atoms with Gasteiger partial charge in [-0.2, -0.15) is 0 Å². The predicted molar refractivity (Wildman–Crippen MR) is 78.2 cm³/mol. The Hall–Kier alpha value is -1.30. The zero-order chi connectivity index (χ0) is 14.4. The van der Waals surface area contributed by atoms with Crippen LogP contribution in [0.4, 0.5) is 0 Å². The average molecular weight is 282 g/mol. The number of rotatable bonds is 4. The van der Waals surface area contributed by atoms with E-state index in [1.807, 2.05) is 0 Å². The van der Waals surface area contributed by atoms with Gasteiger partial charge >= 0.3 is 0 Å². The quantitative estimate of drug-likeness (QED) is 0.516.